The Morgan fingerprint density at radius 1 is 0.409 bits per heavy atom. The van der Waals surface area contributed by atoms with E-state index >= 15 is 0 Å². The molecule has 0 bridgehead atoms. The fourth-order valence-corrected chi connectivity index (χ4v) is 5.49. The molecule has 0 amide bonds. The molecule has 44 heavy (non-hydrogen) atoms. The Kier molecular flexibility index (Phi) is 28.5. The molecule has 8 nitrogen and oxygen atoms in total. The number of likely N-dealkylation sites (N-methyl/N-ethyl adjacent to an activating group) is 3. The van der Waals surface area contributed by atoms with Gasteiger partial charge < -0.3 is 34.3 Å². The first-order valence-electron chi connectivity index (χ1n) is 16.6. The lowest BCUT2D eigenvalue weighted by atomic mass is 10.1. The fourth-order valence-electron chi connectivity index (χ4n) is 5.49. The summed E-state index contributed by atoms with van der Waals surface area (Å²) in [7, 11) is 13.1. The van der Waals surface area contributed by atoms with Gasteiger partial charge in [0, 0.05) is 58.6 Å². The third-order valence-corrected chi connectivity index (χ3v) is 8.73. The smallest absolute Gasteiger partial charge is 0.0553 e. The van der Waals surface area contributed by atoms with Gasteiger partial charge in [-0.3, -0.25) is 4.98 Å². The summed E-state index contributed by atoms with van der Waals surface area (Å²) in [6.07, 6.45) is 15.1. The Balaban J connectivity index is 0. The molecule has 6 rings (SSSR count). The van der Waals surface area contributed by atoms with E-state index in [9.17, 15) is 0 Å². The van der Waals surface area contributed by atoms with E-state index < -0.39 is 0 Å². The second-order valence-corrected chi connectivity index (χ2v) is 12.8. The second-order valence-electron chi connectivity index (χ2n) is 12.8. The van der Waals surface area contributed by atoms with Crippen LogP contribution in [0, 0.1) is 0 Å². The molecule has 8 heteroatoms. The van der Waals surface area contributed by atoms with E-state index in [1.54, 1.807) is 0 Å². The predicted octanol–water partition coefficient (Wildman–Crippen LogP) is 5.52. The summed E-state index contributed by atoms with van der Waals surface area (Å²) < 4.78 is 0. The van der Waals surface area contributed by atoms with Crippen molar-refractivity contribution < 1.29 is 0 Å². The minimum Gasteiger partial charge on any atom is -0.368 e. The topological polar surface area (TPSA) is 35.6 Å². The Hall–Kier alpha value is -1.29. The maximum atomic E-state index is 4.12. The maximum Gasteiger partial charge on any atom is 0.0553 e. The molecule has 5 fully saturated rings. The van der Waals surface area contributed by atoms with Crippen molar-refractivity contribution >= 4 is 5.69 Å². The van der Waals surface area contributed by atoms with Crippen LogP contribution in [0.3, 0.4) is 0 Å². The quantitative estimate of drug-likeness (QED) is 0.405. The number of rotatable bonds is 1. The van der Waals surface area contributed by atoms with Gasteiger partial charge in [0.25, 0.3) is 0 Å². The molecule has 6 heterocycles. The highest BCUT2D eigenvalue weighted by Crippen LogP contribution is 2.13. The molecule has 5 aliphatic rings. The van der Waals surface area contributed by atoms with Crippen molar-refractivity contribution in [3.63, 3.8) is 0 Å². The summed E-state index contributed by atoms with van der Waals surface area (Å²) >= 11 is 0. The first-order chi connectivity index (χ1) is 19.8. The first kappa shape index (κ1) is 44.8. The largest absolute Gasteiger partial charge is 0.368 e. The summed E-state index contributed by atoms with van der Waals surface area (Å²) in [4.78, 5) is 20.7. The van der Waals surface area contributed by atoms with E-state index in [1.165, 1.54) is 123 Å². The van der Waals surface area contributed by atoms with Crippen molar-refractivity contribution in [2.24, 2.45) is 0 Å². The van der Waals surface area contributed by atoms with Crippen LogP contribution in [-0.2, 0) is 0 Å². The van der Waals surface area contributed by atoms with Gasteiger partial charge in [-0.2, -0.15) is 0 Å². The number of hydrogen-bond donors (Lipinski definition) is 0. The lowest BCUT2D eigenvalue weighted by Crippen LogP contribution is -2.44. The normalized spacial score (nSPS) is 21.9. The predicted molar refractivity (Wildman–Crippen MR) is 199 cm³/mol. The van der Waals surface area contributed by atoms with Gasteiger partial charge >= 0.3 is 0 Å². The summed E-state index contributed by atoms with van der Waals surface area (Å²) in [5.41, 5.74) is 1.25. The van der Waals surface area contributed by atoms with Crippen LogP contribution < -0.4 is 4.90 Å². The number of likely N-dealkylation sites (tertiary alicyclic amines) is 3. The Morgan fingerprint density at radius 3 is 0.955 bits per heavy atom. The van der Waals surface area contributed by atoms with Crippen LogP contribution in [0.25, 0.3) is 0 Å². The van der Waals surface area contributed by atoms with Gasteiger partial charge in [-0.05, 0) is 132 Å². The fraction of sp³-hybridized carbons (Fsp3) is 0.861. The molecule has 262 valence electrons. The average molecular weight is 623 g/mol. The van der Waals surface area contributed by atoms with Crippen LogP contribution in [0.1, 0.15) is 73.6 Å². The Labute approximate surface area is 276 Å². The van der Waals surface area contributed by atoms with Crippen molar-refractivity contribution in [3.8, 4) is 0 Å². The van der Waals surface area contributed by atoms with Crippen molar-refractivity contribution in [2.75, 3.05) is 139 Å². The monoisotopic (exact) mass is 623 g/mol. The van der Waals surface area contributed by atoms with Crippen LogP contribution in [0.5, 0.6) is 0 Å². The number of pyridine rings is 1. The Morgan fingerprint density at radius 2 is 0.705 bits per heavy atom. The summed E-state index contributed by atoms with van der Waals surface area (Å²) in [6, 6.07) is 4.12. The van der Waals surface area contributed by atoms with Crippen molar-refractivity contribution in [3.05, 3.63) is 24.5 Å². The van der Waals surface area contributed by atoms with Crippen molar-refractivity contribution in [1.82, 2.24) is 34.4 Å². The van der Waals surface area contributed by atoms with Gasteiger partial charge in [0.2, 0.25) is 0 Å². The molecule has 0 spiro atoms. The molecular weight excluding hydrogens is 544 g/mol. The van der Waals surface area contributed by atoms with Gasteiger partial charge in [0.15, 0.2) is 0 Å². The van der Waals surface area contributed by atoms with Crippen LogP contribution in [0.4, 0.5) is 5.69 Å². The summed E-state index contributed by atoms with van der Waals surface area (Å²) in [6.45, 7) is 17.4. The first-order valence-corrected chi connectivity index (χ1v) is 16.6. The van der Waals surface area contributed by atoms with Gasteiger partial charge in [0.1, 0.15) is 0 Å². The lowest BCUT2D eigenvalue weighted by molar-refractivity contribution is 0.181. The summed E-state index contributed by atoms with van der Waals surface area (Å²) in [5.74, 6) is 0. The molecule has 0 aliphatic carbocycles. The van der Waals surface area contributed by atoms with Gasteiger partial charge in [-0.1, -0.05) is 35.1 Å². The zero-order valence-corrected chi connectivity index (χ0v) is 27.9. The average Bonchev–Trinajstić information content (AvgIpc) is 3.48. The molecule has 0 unspecified atom stereocenters. The number of piperidine rings is 2. The molecule has 0 radical (unpaired) electrons. The second kappa shape index (κ2) is 28.0. The highest BCUT2D eigenvalue weighted by atomic mass is 15.3. The highest BCUT2D eigenvalue weighted by molar-refractivity contribution is 5.43. The maximum absolute atomic E-state index is 4.12. The van der Waals surface area contributed by atoms with Gasteiger partial charge in [-0.25, -0.2) is 0 Å². The van der Waals surface area contributed by atoms with E-state index in [0.29, 0.717) is 0 Å². The number of hydrogen-bond acceptors (Lipinski definition) is 8. The molecule has 5 aliphatic heterocycles. The molecule has 1 aromatic rings. The minimum atomic E-state index is 0. The van der Waals surface area contributed by atoms with Crippen LogP contribution in [0.2, 0.25) is 0 Å². The minimum absolute atomic E-state index is 0. The van der Waals surface area contributed by atoms with E-state index in [-0.39, 0.29) is 22.3 Å². The molecule has 0 atom stereocenters. The molecule has 0 saturated carbocycles. The SMILES string of the molecule is C.C.C.CN1CCCC1.CN1CCCCC1.CN1CCCCC1.CN1CCN(C)CC1.CN1CCN(c2cccnc2)CC1. The third-order valence-electron chi connectivity index (χ3n) is 8.73. The number of anilines is 1. The lowest BCUT2D eigenvalue weighted by Gasteiger charge is -2.33. The van der Waals surface area contributed by atoms with Gasteiger partial charge in [-0.15, -0.1) is 0 Å². The van der Waals surface area contributed by atoms with Crippen molar-refractivity contribution in [2.45, 2.75) is 73.6 Å². The van der Waals surface area contributed by atoms with E-state index in [1.807, 2.05) is 18.5 Å². The molecule has 1 aromatic heterocycles. The van der Waals surface area contributed by atoms with Crippen LogP contribution >= 0.6 is 0 Å². The Bertz CT molecular complexity index is 676. The highest BCUT2D eigenvalue weighted by Gasteiger charge is 2.13. The molecular formula is C36H78N8. The molecule has 0 aromatic carbocycles. The third kappa shape index (κ3) is 22.3. The standard InChI is InChI=1S/C10H15N3.C6H14N2.2C6H13N.C5H11N.3CH4/c1-12-5-7-13(8-6-12)10-3-2-4-11-9-10;1-7-3-5-8(2)6-4-7;2*1-7-5-3-2-4-6-7;1-6-4-2-3-5-6;;;/h2-4,9H,5-8H2,1H3;3-6H2,1-2H3;2*2-6H2,1H3;2-5H2,1H3;3*1H4. The van der Waals surface area contributed by atoms with Crippen LogP contribution in [0.15, 0.2) is 24.5 Å². The van der Waals surface area contributed by atoms with Crippen LogP contribution in [-0.4, -0.2) is 168 Å². The van der Waals surface area contributed by atoms with E-state index in [4.69, 9.17) is 0 Å². The number of aromatic nitrogens is 1. The molecule has 5 saturated heterocycles. The zero-order valence-electron chi connectivity index (χ0n) is 27.9. The summed E-state index contributed by atoms with van der Waals surface area (Å²) in [5, 5.41) is 0. The van der Waals surface area contributed by atoms with Crippen molar-refractivity contribution in [1.29, 1.82) is 0 Å². The zero-order chi connectivity index (χ0) is 29.7. The number of piperazine rings is 2. The van der Waals surface area contributed by atoms with E-state index in [0.717, 1.165) is 26.2 Å². The van der Waals surface area contributed by atoms with E-state index in [2.05, 4.69) is 87.6 Å². The molecule has 0 N–H and O–H groups in total. The number of nitrogens with zero attached hydrogens (tertiary/aromatic N) is 8. The van der Waals surface area contributed by atoms with Gasteiger partial charge in [0.05, 0.1) is 11.9 Å².